The number of halogens is 4. The van der Waals surface area contributed by atoms with Crippen LogP contribution in [-0.4, -0.2) is 33.4 Å². The lowest BCUT2D eigenvalue weighted by Crippen LogP contribution is -2.32. The van der Waals surface area contributed by atoms with Crippen LogP contribution in [0.5, 0.6) is 0 Å². The smallest absolute Gasteiger partial charge is 0.308 e. The number of rotatable bonds is 5. The van der Waals surface area contributed by atoms with Crippen molar-refractivity contribution < 1.29 is 21.6 Å². The Balaban J connectivity index is 2.53. The van der Waals surface area contributed by atoms with Gasteiger partial charge < -0.3 is 5.32 Å². The molecule has 1 aromatic carbocycles. The minimum Gasteiger partial charge on any atom is -0.308 e. The maximum atomic E-state index is 11.8. The van der Waals surface area contributed by atoms with Crippen LogP contribution in [0.15, 0.2) is 33.6 Å². The highest BCUT2D eigenvalue weighted by Gasteiger charge is 2.26. The minimum atomic E-state index is -4.33. The van der Waals surface area contributed by atoms with Gasteiger partial charge in [0.05, 0.1) is 17.2 Å². The van der Waals surface area contributed by atoms with Crippen molar-refractivity contribution in [3.05, 3.63) is 28.7 Å². The van der Waals surface area contributed by atoms with E-state index in [0.717, 1.165) is 4.47 Å². The topological polar surface area (TPSA) is 46.2 Å². The second-order valence-corrected chi connectivity index (χ2v) is 6.59. The molecule has 0 fully saturated rings. The third-order valence-corrected chi connectivity index (χ3v) is 4.31. The second kappa shape index (κ2) is 6.03. The number of nitrogens with one attached hydrogen (secondary N) is 1. The highest BCUT2D eigenvalue weighted by molar-refractivity contribution is 9.10. The number of benzene rings is 1. The molecule has 1 aromatic rings. The molecule has 0 amide bonds. The molecule has 1 rings (SSSR count). The van der Waals surface area contributed by atoms with Gasteiger partial charge in [-0.25, -0.2) is 8.42 Å². The van der Waals surface area contributed by atoms with Crippen LogP contribution in [0.2, 0.25) is 0 Å². The van der Waals surface area contributed by atoms with Gasteiger partial charge in [0.1, 0.15) is 0 Å². The third kappa shape index (κ3) is 5.36. The van der Waals surface area contributed by atoms with Crippen molar-refractivity contribution in [1.29, 1.82) is 0 Å². The third-order valence-electron chi connectivity index (χ3n) is 2.05. The van der Waals surface area contributed by atoms with Crippen molar-refractivity contribution >= 4 is 25.8 Å². The van der Waals surface area contributed by atoms with E-state index in [-0.39, 0.29) is 17.2 Å². The molecule has 1 N–H and O–H groups in total. The fourth-order valence-electron chi connectivity index (χ4n) is 1.20. The molecule has 0 saturated heterocycles. The normalized spacial score (nSPS) is 12.7. The summed E-state index contributed by atoms with van der Waals surface area (Å²) in [6.07, 6.45) is -4.33. The molecule has 0 aliphatic heterocycles. The van der Waals surface area contributed by atoms with Gasteiger partial charge >= 0.3 is 6.18 Å². The van der Waals surface area contributed by atoms with E-state index in [2.05, 4.69) is 15.9 Å². The van der Waals surface area contributed by atoms with Crippen LogP contribution in [0.4, 0.5) is 13.2 Å². The lowest BCUT2D eigenvalue weighted by Gasteiger charge is -2.08. The van der Waals surface area contributed by atoms with E-state index in [0.29, 0.717) is 0 Å². The predicted octanol–water partition coefficient (Wildman–Crippen LogP) is 2.37. The van der Waals surface area contributed by atoms with Crippen LogP contribution in [0, 0.1) is 0 Å². The molecule has 0 spiro atoms. The summed E-state index contributed by atoms with van der Waals surface area (Å²) >= 11 is 3.17. The van der Waals surface area contributed by atoms with Crippen molar-refractivity contribution in [2.24, 2.45) is 0 Å². The number of hydrogen-bond acceptors (Lipinski definition) is 3. The molecule has 0 atom stereocenters. The van der Waals surface area contributed by atoms with Gasteiger partial charge in [-0.1, -0.05) is 15.9 Å². The summed E-state index contributed by atoms with van der Waals surface area (Å²) in [6.45, 7) is -1.43. The molecule has 3 nitrogen and oxygen atoms in total. The van der Waals surface area contributed by atoms with Gasteiger partial charge in [-0.15, -0.1) is 0 Å². The summed E-state index contributed by atoms with van der Waals surface area (Å²) in [6, 6.07) is 5.94. The van der Waals surface area contributed by atoms with Crippen molar-refractivity contribution in [2.45, 2.75) is 11.1 Å². The second-order valence-electron chi connectivity index (χ2n) is 3.56. The monoisotopic (exact) mass is 345 g/mol. The quantitative estimate of drug-likeness (QED) is 0.833. The van der Waals surface area contributed by atoms with Gasteiger partial charge in [0, 0.05) is 11.0 Å². The van der Waals surface area contributed by atoms with E-state index in [1.165, 1.54) is 12.1 Å². The molecule has 102 valence electrons. The number of hydrogen-bond donors (Lipinski definition) is 1. The van der Waals surface area contributed by atoms with Crippen molar-refractivity contribution in [1.82, 2.24) is 5.32 Å². The molecular formula is C10H11BrF3NO2S. The van der Waals surface area contributed by atoms with E-state index in [4.69, 9.17) is 0 Å². The summed E-state index contributed by atoms with van der Waals surface area (Å²) < 4.78 is 59.7. The first-order chi connectivity index (χ1) is 8.21. The Morgan fingerprint density at radius 1 is 1.17 bits per heavy atom. The van der Waals surface area contributed by atoms with Gasteiger partial charge in [-0.2, -0.15) is 13.2 Å². The Kier molecular flexibility index (Phi) is 5.18. The molecule has 0 aliphatic rings. The molecule has 0 bridgehead atoms. The molecule has 0 aliphatic carbocycles. The van der Waals surface area contributed by atoms with E-state index >= 15 is 0 Å². The van der Waals surface area contributed by atoms with E-state index in [1.54, 1.807) is 12.1 Å². The Bertz CT molecular complexity index is 485. The zero-order chi connectivity index (χ0) is 13.8. The highest BCUT2D eigenvalue weighted by atomic mass is 79.9. The Morgan fingerprint density at radius 3 is 2.22 bits per heavy atom. The standard InChI is InChI=1S/C10H11BrF3NO2S/c11-8-1-3-9(4-2-8)18(16,17)6-5-15-7-10(12,13)14/h1-4,15H,5-7H2. The molecule has 8 heteroatoms. The van der Waals surface area contributed by atoms with Crippen LogP contribution >= 0.6 is 15.9 Å². The lowest BCUT2D eigenvalue weighted by molar-refractivity contribution is -0.124. The maximum absolute atomic E-state index is 11.8. The predicted molar refractivity (Wildman–Crippen MR) is 65.1 cm³/mol. The summed E-state index contributed by atoms with van der Waals surface area (Å²) in [7, 11) is -3.55. The average Bonchev–Trinajstić information content (AvgIpc) is 2.24. The summed E-state index contributed by atoms with van der Waals surface area (Å²) in [5.41, 5.74) is 0. The molecule has 0 unspecified atom stereocenters. The largest absolute Gasteiger partial charge is 0.401 e. The molecule has 0 saturated carbocycles. The van der Waals surface area contributed by atoms with Gasteiger partial charge in [-0.05, 0) is 24.3 Å². The SMILES string of the molecule is O=S(=O)(CCNCC(F)(F)F)c1ccc(Br)cc1. The van der Waals surface area contributed by atoms with Crippen molar-refractivity contribution in [3.63, 3.8) is 0 Å². The lowest BCUT2D eigenvalue weighted by atomic mass is 10.4. The fraction of sp³-hybridized carbons (Fsp3) is 0.400. The van der Waals surface area contributed by atoms with E-state index in [1.807, 2.05) is 5.32 Å². The zero-order valence-electron chi connectivity index (χ0n) is 9.17. The first-order valence-electron chi connectivity index (χ1n) is 4.96. The Labute approximate surface area is 111 Å². The van der Waals surface area contributed by atoms with Crippen molar-refractivity contribution in [2.75, 3.05) is 18.8 Å². The number of alkyl halides is 3. The zero-order valence-corrected chi connectivity index (χ0v) is 11.6. The average molecular weight is 346 g/mol. The summed E-state index contributed by atoms with van der Waals surface area (Å²) in [5.74, 6) is -0.370. The van der Waals surface area contributed by atoms with E-state index < -0.39 is 22.6 Å². The van der Waals surface area contributed by atoms with Crippen LogP contribution in [0.25, 0.3) is 0 Å². The van der Waals surface area contributed by atoms with Gasteiger partial charge in [0.2, 0.25) is 0 Å². The molecule has 0 aromatic heterocycles. The van der Waals surface area contributed by atoms with E-state index in [9.17, 15) is 21.6 Å². The molecule has 0 radical (unpaired) electrons. The highest BCUT2D eigenvalue weighted by Crippen LogP contribution is 2.16. The summed E-state index contributed by atoms with van der Waals surface area (Å²) in [5, 5.41) is 2.05. The fourth-order valence-corrected chi connectivity index (χ4v) is 2.66. The van der Waals surface area contributed by atoms with Crippen LogP contribution in [0.1, 0.15) is 0 Å². The maximum Gasteiger partial charge on any atom is 0.401 e. The Hall–Kier alpha value is -0.600. The van der Waals surface area contributed by atoms with Gasteiger partial charge in [-0.3, -0.25) is 0 Å². The molecule has 18 heavy (non-hydrogen) atoms. The van der Waals surface area contributed by atoms with Gasteiger partial charge in [0.15, 0.2) is 9.84 Å². The van der Waals surface area contributed by atoms with Gasteiger partial charge in [0.25, 0.3) is 0 Å². The van der Waals surface area contributed by atoms with Crippen LogP contribution < -0.4 is 5.32 Å². The Morgan fingerprint density at radius 2 is 1.72 bits per heavy atom. The molecular weight excluding hydrogens is 335 g/mol. The van der Waals surface area contributed by atoms with Crippen LogP contribution in [-0.2, 0) is 9.84 Å². The first kappa shape index (κ1) is 15.5. The first-order valence-corrected chi connectivity index (χ1v) is 7.41. The van der Waals surface area contributed by atoms with Crippen LogP contribution in [0.3, 0.4) is 0 Å². The minimum absolute atomic E-state index is 0.0968. The summed E-state index contributed by atoms with van der Waals surface area (Å²) in [4.78, 5) is 0.0968. The molecule has 0 heterocycles. The van der Waals surface area contributed by atoms with Crippen molar-refractivity contribution in [3.8, 4) is 0 Å². The number of sulfone groups is 1.